The number of hydrogen-bond donors (Lipinski definition) is 1. The Morgan fingerprint density at radius 3 is 2.83 bits per heavy atom. The van der Waals surface area contributed by atoms with Crippen LogP contribution in [0.2, 0.25) is 0 Å². The number of aliphatic hydroxyl groups is 1. The Balaban J connectivity index is 1.29. The molecule has 4 heterocycles. The molecule has 1 aliphatic rings. The molecule has 0 aliphatic carbocycles. The van der Waals surface area contributed by atoms with Crippen LogP contribution in [0.4, 0.5) is 0 Å². The number of aryl methyl sites for hydroxylation is 1. The second-order valence-electron chi connectivity index (χ2n) is 7.81. The summed E-state index contributed by atoms with van der Waals surface area (Å²) in [6.07, 6.45) is 6.12. The predicted octanol–water partition coefficient (Wildman–Crippen LogP) is 2.73. The zero-order valence-electron chi connectivity index (χ0n) is 16.3. The number of aliphatic hydroxyl groups excluding tert-OH is 1. The summed E-state index contributed by atoms with van der Waals surface area (Å²) >= 11 is 0. The van der Waals surface area contributed by atoms with Gasteiger partial charge < -0.3 is 9.63 Å². The summed E-state index contributed by atoms with van der Waals surface area (Å²) in [5.74, 6) is 0.981. The molecule has 1 N–H and O–H groups in total. The van der Waals surface area contributed by atoms with E-state index in [1.54, 1.807) is 0 Å². The molecule has 1 aromatic carbocycles. The zero-order valence-corrected chi connectivity index (χ0v) is 16.3. The third kappa shape index (κ3) is 3.66. The van der Waals surface area contributed by atoms with E-state index < -0.39 is 0 Å². The molecule has 2 atom stereocenters. The minimum absolute atomic E-state index is 0.147. The fraction of sp³-hybridized carbons (Fsp3) is 0.318. The van der Waals surface area contributed by atoms with E-state index in [2.05, 4.69) is 32.3 Å². The van der Waals surface area contributed by atoms with Crippen molar-refractivity contribution in [2.75, 3.05) is 13.1 Å². The smallest absolute Gasteiger partial charge is 0.162 e. The van der Waals surface area contributed by atoms with E-state index >= 15 is 0 Å². The average Bonchev–Trinajstić information content (AvgIpc) is 3.42. The number of β-amino-alcohol motifs (C(OH)–C–C–N with tert-alkyl or cyclic N) is 1. The van der Waals surface area contributed by atoms with Crippen LogP contribution in [-0.2, 0) is 13.0 Å². The molecule has 1 fully saturated rings. The Labute approximate surface area is 168 Å². The number of nitrogens with zero attached hydrogens (tertiary/aromatic N) is 5. The van der Waals surface area contributed by atoms with Crippen LogP contribution in [0.15, 0.2) is 59.5 Å². The summed E-state index contributed by atoms with van der Waals surface area (Å²) in [6.45, 7) is 4.09. The van der Waals surface area contributed by atoms with Crippen molar-refractivity contribution in [1.82, 2.24) is 24.7 Å². The molecular weight excluding hydrogens is 366 g/mol. The minimum Gasteiger partial charge on any atom is -0.391 e. The van der Waals surface area contributed by atoms with E-state index in [4.69, 9.17) is 4.52 Å². The van der Waals surface area contributed by atoms with E-state index in [1.807, 2.05) is 54.3 Å². The van der Waals surface area contributed by atoms with Crippen molar-refractivity contribution < 1.29 is 9.63 Å². The first-order chi connectivity index (χ1) is 14.2. The Bertz CT molecular complexity index is 1120. The second-order valence-corrected chi connectivity index (χ2v) is 7.81. The van der Waals surface area contributed by atoms with Crippen LogP contribution in [0.3, 0.4) is 0 Å². The normalized spacial score (nSPS) is 19.9. The van der Waals surface area contributed by atoms with Gasteiger partial charge in [-0.05, 0) is 12.5 Å². The van der Waals surface area contributed by atoms with Crippen LogP contribution < -0.4 is 0 Å². The monoisotopic (exact) mass is 389 g/mol. The van der Waals surface area contributed by atoms with Crippen LogP contribution in [0.5, 0.6) is 0 Å². The lowest BCUT2D eigenvalue weighted by Crippen LogP contribution is -2.21. The summed E-state index contributed by atoms with van der Waals surface area (Å²) in [5.41, 5.74) is 4.92. The van der Waals surface area contributed by atoms with Gasteiger partial charge in [0.2, 0.25) is 0 Å². The van der Waals surface area contributed by atoms with Gasteiger partial charge in [0.25, 0.3) is 0 Å². The molecule has 7 heteroatoms. The molecular formula is C22H23N5O2. The molecule has 3 aromatic heterocycles. The SMILES string of the molecule is Cc1cc(C[C@@H]2CN(Cc3cnc4c(-c5ccccc5)cnn4c3)C[C@@H]2O)on1. The maximum atomic E-state index is 10.5. The lowest BCUT2D eigenvalue weighted by atomic mass is 10.0. The van der Waals surface area contributed by atoms with E-state index in [1.165, 1.54) is 0 Å². The van der Waals surface area contributed by atoms with Crippen molar-refractivity contribution in [2.45, 2.75) is 26.0 Å². The zero-order chi connectivity index (χ0) is 19.8. The molecule has 1 aliphatic heterocycles. The lowest BCUT2D eigenvalue weighted by Gasteiger charge is -2.15. The third-order valence-electron chi connectivity index (χ3n) is 5.52. The third-order valence-corrected chi connectivity index (χ3v) is 5.52. The lowest BCUT2D eigenvalue weighted by molar-refractivity contribution is 0.137. The number of hydrogen-bond acceptors (Lipinski definition) is 6. The highest BCUT2D eigenvalue weighted by molar-refractivity contribution is 5.76. The molecule has 0 spiro atoms. The topological polar surface area (TPSA) is 79.7 Å². The Hall–Kier alpha value is -3.03. The number of rotatable bonds is 5. The van der Waals surface area contributed by atoms with Crippen LogP contribution in [0, 0.1) is 12.8 Å². The summed E-state index contributed by atoms with van der Waals surface area (Å²) < 4.78 is 7.15. The Morgan fingerprint density at radius 1 is 1.17 bits per heavy atom. The van der Waals surface area contributed by atoms with Crippen LogP contribution in [0.25, 0.3) is 16.8 Å². The highest BCUT2D eigenvalue weighted by Gasteiger charge is 2.32. The van der Waals surface area contributed by atoms with Crippen molar-refractivity contribution in [2.24, 2.45) is 5.92 Å². The molecule has 29 heavy (non-hydrogen) atoms. The van der Waals surface area contributed by atoms with Crippen LogP contribution in [-0.4, -0.2) is 49.0 Å². The largest absolute Gasteiger partial charge is 0.391 e. The molecule has 0 bridgehead atoms. The van der Waals surface area contributed by atoms with Crippen molar-refractivity contribution in [3.05, 3.63) is 72.0 Å². The van der Waals surface area contributed by atoms with Gasteiger partial charge in [-0.15, -0.1) is 0 Å². The Kier molecular flexibility index (Phi) is 4.61. The summed E-state index contributed by atoms with van der Waals surface area (Å²) in [4.78, 5) is 6.91. The highest BCUT2D eigenvalue weighted by Crippen LogP contribution is 2.25. The van der Waals surface area contributed by atoms with Gasteiger partial charge in [0.1, 0.15) is 5.76 Å². The number of likely N-dealkylation sites (tertiary alicyclic amines) is 1. The van der Waals surface area contributed by atoms with E-state index in [-0.39, 0.29) is 12.0 Å². The van der Waals surface area contributed by atoms with Crippen molar-refractivity contribution in [1.29, 1.82) is 0 Å². The molecule has 0 amide bonds. The maximum absolute atomic E-state index is 10.5. The van der Waals surface area contributed by atoms with Crippen molar-refractivity contribution >= 4 is 5.65 Å². The quantitative estimate of drug-likeness (QED) is 0.565. The van der Waals surface area contributed by atoms with Crippen LogP contribution in [0.1, 0.15) is 17.0 Å². The number of benzene rings is 1. The van der Waals surface area contributed by atoms with E-state index in [9.17, 15) is 5.11 Å². The number of fused-ring (bicyclic) bond motifs is 1. The minimum atomic E-state index is -0.369. The van der Waals surface area contributed by atoms with Gasteiger partial charge in [0.05, 0.1) is 18.0 Å². The van der Waals surface area contributed by atoms with Gasteiger partial charge in [-0.3, -0.25) is 4.90 Å². The van der Waals surface area contributed by atoms with Crippen molar-refractivity contribution in [3.8, 4) is 11.1 Å². The van der Waals surface area contributed by atoms with Gasteiger partial charge in [-0.1, -0.05) is 35.5 Å². The first-order valence-corrected chi connectivity index (χ1v) is 9.86. The molecule has 5 rings (SSSR count). The highest BCUT2D eigenvalue weighted by atomic mass is 16.5. The second kappa shape index (κ2) is 7.42. The van der Waals surface area contributed by atoms with Gasteiger partial charge in [0.15, 0.2) is 5.65 Å². The van der Waals surface area contributed by atoms with Gasteiger partial charge in [-0.25, -0.2) is 9.50 Å². The first kappa shape index (κ1) is 18.0. The van der Waals surface area contributed by atoms with Gasteiger partial charge in [0, 0.05) is 61.6 Å². The van der Waals surface area contributed by atoms with Gasteiger partial charge >= 0.3 is 0 Å². The predicted molar refractivity (Wildman–Crippen MR) is 108 cm³/mol. The summed E-state index contributed by atoms with van der Waals surface area (Å²) in [7, 11) is 0. The molecule has 1 saturated heterocycles. The molecule has 0 saturated carbocycles. The molecule has 4 aromatic rings. The van der Waals surface area contributed by atoms with E-state index in [0.717, 1.165) is 46.9 Å². The fourth-order valence-electron chi connectivity index (χ4n) is 4.12. The van der Waals surface area contributed by atoms with Gasteiger partial charge in [-0.2, -0.15) is 5.10 Å². The first-order valence-electron chi connectivity index (χ1n) is 9.86. The Morgan fingerprint density at radius 2 is 2.03 bits per heavy atom. The molecule has 148 valence electrons. The molecule has 0 unspecified atom stereocenters. The maximum Gasteiger partial charge on any atom is 0.162 e. The summed E-state index contributed by atoms with van der Waals surface area (Å²) in [6, 6.07) is 12.1. The van der Waals surface area contributed by atoms with E-state index in [0.29, 0.717) is 13.0 Å². The standard InChI is InChI=1S/C22H23N5O2/c1-15-7-19(29-25-15)8-18-13-26(14-21(18)28)11-16-9-23-22-20(10-24-27(22)12-16)17-5-3-2-4-6-17/h2-7,9-10,12,18,21,28H,8,11,13-14H2,1H3/t18-,21+/m1/s1. The molecule has 7 nitrogen and oxygen atoms in total. The van der Waals surface area contributed by atoms with Crippen molar-refractivity contribution in [3.63, 3.8) is 0 Å². The fourth-order valence-corrected chi connectivity index (χ4v) is 4.12. The summed E-state index contributed by atoms with van der Waals surface area (Å²) in [5, 5.41) is 18.9. The number of aromatic nitrogens is 4. The molecule has 0 radical (unpaired) electrons. The van der Waals surface area contributed by atoms with Crippen LogP contribution >= 0.6 is 0 Å². The average molecular weight is 389 g/mol.